The SMILES string of the molecule is Cc1ccc(CNC(=O)C(c2ccccc2)N(Cc2ccccc2)C(=O)CCc2ccc(S(=O)(=O)N3CCCC3)cc2)cc1. The molecule has 0 saturated carbocycles. The number of amides is 2. The van der Waals surface area contributed by atoms with Crippen molar-refractivity contribution in [2.45, 2.75) is 56.6 Å². The van der Waals surface area contributed by atoms with Crippen molar-refractivity contribution >= 4 is 21.8 Å². The Hall–Kier alpha value is -4.27. The largest absolute Gasteiger partial charge is 0.350 e. The molecule has 228 valence electrons. The highest BCUT2D eigenvalue weighted by molar-refractivity contribution is 7.89. The van der Waals surface area contributed by atoms with Crippen LogP contribution in [-0.2, 0) is 39.1 Å². The van der Waals surface area contributed by atoms with Gasteiger partial charge in [-0.3, -0.25) is 9.59 Å². The Morgan fingerprint density at radius 2 is 1.36 bits per heavy atom. The van der Waals surface area contributed by atoms with E-state index in [-0.39, 0.29) is 29.7 Å². The van der Waals surface area contributed by atoms with Crippen LogP contribution in [0.1, 0.15) is 53.1 Å². The van der Waals surface area contributed by atoms with Gasteiger partial charge in [0.05, 0.1) is 4.90 Å². The Balaban J connectivity index is 1.36. The number of nitrogens with zero attached hydrogens (tertiary/aromatic N) is 2. The lowest BCUT2D eigenvalue weighted by Crippen LogP contribution is -2.43. The molecule has 8 heteroatoms. The molecular weight excluding hydrogens is 570 g/mol. The first-order valence-corrected chi connectivity index (χ1v) is 16.6. The number of aryl methyl sites for hydroxylation is 2. The first-order chi connectivity index (χ1) is 21.3. The number of hydrogen-bond donors (Lipinski definition) is 1. The lowest BCUT2D eigenvalue weighted by molar-refractivity contribution is -0.141. The van der Waals surface area contributed by atoms with Crippen LogP contribution in [0.4, 0.5) is 0 Å². The van der Waals surface area contributed by atoms with Gasteiger partial charge in [0.1, 0.15) is 6.04 Å². The van der Waals surface area contributed by atoms with E-state index in [0.717, 1.165) is 40.7 Å². The minimum absolute atomic E-state index is 0.165. The van der Waals surface area contributed by atoms with Crippen LogP contribution in [0.15, 0.2) is 114 Å². The number of rotatable bonds is 12. The van der Waals surface area contributed by atoms with Crippen LogP contribution in [0, 0.1) is 6.92 Å². The molecule has 0 bridgehead atoms. The number of hydrogen-bond acceptors (Lipinski definition) is 4. The van der Waals surface area contributed by atoms with Crippen molar-refractivity contribution < 1.29 is 18.0 Å². The molecule has 1 aliphatic heterocycles. The van der Waals surface area contributed by atoms with Gasteiger partial charge in [-0.15, -0.1) is 0 Å². The normalized spacial score (nSPS) is 14.2. The molecule has 1 aliphatic rings. The van der Waals surface area contributed by atoms with E-state index in [1.807, 2.05) is 91.9 Å². The van der Waals surface area contributed by atoms with Gasteiger partial charge >= 0.3 is 0 Å². The first-order valence-electron chi connectivity index (χ1n) is 15.1. The lowest BCUT2D eigenvalue weighted by atomic mass is 10.0. The van der Waals surface area contributed by atoms with Crippen molar-refractivity contribution in [3.8, 4) is 0 Å². The maximum atomic E-state index is 14.0. The molecule has 1 heterocycles. The van der Waals surface area contributed by atoms with Crippen molar-refractivity contribution in [1.29, 1.82) is 0 Å². The lowest BCUT2D eigenvalue weighted by Gasteiger charge is -2.32. The Labute approximate surface area is 260 Å². The van der Waals surface area contributed by atoms with Gasteiger partial charge < -0.3 is 10.2 Å². The smallest absolute Gasteiger partial charge is 0.247 e. The van der Waals surface area contributed by atoms with E-state index in [0.29, 0.717) is 26.1 Å². The van der Waals surface area contributed by atoms with Crippen molar-refractivity contribution in [2.75, 3.05) is 13.1 Å². The zero-order valence-electron chi connectivity index (χ0n) is 25.1. The van der Waals surface area contributed by atoms with E-state index in [9.17, 15) is 18.0 Å². The molecule has 7 nitrogen and oxygen atoms in total. The topological polar surface area (TPSA) is 86.8 Å². The summed E-state index contributed by atoms with van der Waals surface area (Å²) in [6.07, 6.45) is 2.35. The van der Waals surface area contributed by atoms with Crippen LogP contribution in [0.25, 0.3) is 0 Å². The summed E-state index contributed by atoms with van der Waals surface area (Å²) in [5, 5.41) is 3.06. The Morgan fingerprint density at radius 3 is 2.00 bits per heavy atom. The molecule has 4 aromatic rings. The molecule has 1 fully saturated rings. The highest BCUT2D eigenvalue weighted by Crippen LogP contribution is 2.26. The average molecular weight is 610 g/mol. The van der Waals surface area contributed by atoms with Gasteiger partial charge in [-0.25, -0.2) is 8.42 Å². The molecular formula is C36H39N3O4S. The molecule has 2 amide bonds. The van der Waals surface area contributed by atoms with Gasteiger partial charge in [-0.1, -0.05) is 103 Å². The fourth-order valence-corrected chi connectivity index (χ4v) is 7.02. The van der Waals surface area contributed by atoms with Crippen molar-refractivity contribution in [3.05, 3.63) is 137 Å². The van der Waals surface area contributed by atoms with Crippen molar-refractivity contribution in [1.82, 2.24) is 14.5 Å². The van der Waals surface area contributed by atoms with E-state index < -0.39 is 16.1 Å². The number of carbonyl (C=O) groups is 2. The molecule has 44 heavy (non-hydrogen) atoms. The minimum Gasteiger partial charge on any atom is -0.350 e. The van der Waals surface area contributed by atoms with E-state index in [1.165, 1.54) is 4.31 Å². The maximum Gasteiger partial charge on any atom is 0.247 e. The number of carbonyl (C=O) groups excluding carboxylic acids is 2. The number of sulfonamides is 1. The van der Waals surface area contributed by atoms with Crippen LogP contribution < -0.4 is 5.32 Å². The highest BCUT2D eigenvalue weighted by Gasteiger charge is 2.31. The summed E-state index contributed by atoms with van der Waals surface area (Å²) >= 11 is 0. The summed E-state index contributed by atoms with van der Waals surface area (Å²) < 4.78 is 27.4. The molecule has 4 aromatic carbocycles. The summed E-state index contributed by atoms with van der Waals surface area (Å²) in [4.78, 5) is 29.8. The summed E-state index contributed by atoms with van der Waals surface area (Å²) in [6, 6.07) is 33.0. The van der Waals surface area contributed by atoms with Gasteiger partial charge in [0.15, 0.2) is 0 Å². The van der Waals surface area contributed by atoms with Crippen molar-refractivity contribution in [3.63, 3.8) is 0 Å². The van der Waals surface area contributed by atoms with Gasteiger partial charge in [0.2, 0.25) is 21.8 Å². The van der Waals surface area contributed by atoms with Gasteiger partial charge in [-0.05, 0) is 60.6 Å². The van der Waals surface area contributed by atoms with E-state index in [1.54, 1.807) is 29.2 Å². The van der Waals surface area contributed by atoms with Crippen LogP contribution in [0.2, 0.25) is 0 Å². The maximum absolute atomic E-state index is 14.0. The second-order valence-corrected chi connectivity index (χ2v) is 13.2. The molecule has 1 saturated heterocycles. The number of nitrogens with one attached hydrogen (secondary N) is 1. The Bertz CT molecular complexity index is 1640. The minimum atomic E-state index is -3.50. The molecule has 1 atom stereocenters. The fourth-order valence-electron chi connectivity index (χ4n) is 5.50. The summed E-state index contributed by atoms with van der Waals surface area (Å²) in [5.74, 6) is -0.417. The average Bonchev–Trinajstić information content (AvgIpc) is 3.61. The van der Waals surface area contributed by atoms with Crippen LogP contribution in [0.3, 0.4) is 0 Å². The zero-order valence-corrected chi connectivity index (χ0v) is 25.9. The van der Waals surface area contributed by atoms with E-state index in [4.69, 9.17) is 0 Å². The monoisotopic (exact) mass is 609 g/mol. The Morgan fingerprint density at radius 1 is 0.773 bits per heavy atom. The van der Waals surface area contributed by atoms with Crippen LogP contribution in [0.5, 0.6) is 0 Å². The van der Waals surface area contributed by atoms with Gasteiger partial charge in [-0.2, -0.15) is 4.31 Å². The Kier molecular flexibility index (Phi) is 10.2. The van der Waals surface area contributed by atoms with Crippen LogP contribution in [-0.4, -0.2) is 42.5 Å². The van der Waals surface area contributed by atoms with Gasteiger partial charge in [0.25, 0.3) is 0 Å². The second kappa shape index (κ2) is 14.5. The molecule has 0 aromatic heterocycles. The third kappa shape index (κ3) is 7.81. The quantitative estimate of drug-likeness (QED) is 0.220. The predicted molar refractivity (Wildman–Crippen MR) is 172 cm³/mol. The molecule has 1 unspecified atom stereocenters. The molecule has 0 spiro atoms. The summed E-state index contributed by atoms with van der Waals surface area (Å²) in [6.45, 7) is 3.74. The fraction of sp³-hybridized carbons (Fsp3) is 0.278. The van der Waals surface area contributed by atoms with Gasteiger partial charge in [0, 0.05) is 32.6 Å². The highest BCUT2D eigenvalue weighted by atomic mass is 32.2. The summed E-state index contributed by atoms with van der Waals surface area (Å²) in [7, 11) is -3.50. The third-order valence-electron chi connectivity index (χ3n) is 8.03. The molecule has 0 radical (unpaired) electrons. The second-order valence-electron chi connectivity index (χ2n) is 11.3. The van der Waals surface area contributed by atoms with Crippen molar-refractivity contribution in [2.24, 2.45) is 0 Å². The molecule has 1 N–H and O–H groups in total. The summed E-state index contributed by atoms with van der Waals surface area (Å²) in [5.41, 5.74) is 4.63. The molecule has 0 aliphatic carbocycles. The standard InChI is InChI=1S/C36H39N3O4S/c1-28-14-16-30(17-15-28)26-37-36(41)35(32-12-6-3-7-13-32)39(27-31-10-4-2-5-11-31)34(40)23-20-29-18-21-33(22-19-29)44(42,43)38-24-8-9-25-38/h2-7,10-19,21-22,35H,8-9,20,23-27H2,1H3,(H,37,41). The first kappa shape index (κ1) is 31.2. The van der Waals surface area contributed by atoms with Crippen LogP contribution >= 0.6 is 0 Å². The zero-order chi connectivity index (χ0) is 30.9. The van der Waals surface area contributed by atoms with E-state index in [2.05, 4.69) is 5.32 Å². The molecule has 5 rings (SSSR count). The third-order valence-corrected chi connectivity index (χ3v) is 9.95. The number of benzene rings is 4. The predicted octanol–water partition coefficient (Wildman–Crippen LogP) is 5.80. The van der Waals surface area contributed by atoms with E-state index >= 15 is 0 Å².